The van der Waals surface area contributed by atoms with Gasteiger partial charge in [0, 0.05) is 0 Å². The van der Waals surface area contributed by atoms with E-state index < -0.39 is 5.97 Å². The molecule has 0 N–H and O–H groups in total. The smallest absolute Gasteiger partial charge is 0.344 e. The Bertz CT molecular complexity index is 543. The number of fused-ring (bicyclic) bond motifs is 1. The Morgan fingerprint density at radius 3 is 3.12 bits per heavy atom. The first kappa shape index (κ1) is 12.1. The van der Waals surface area contributed by atoms with Crippen LogP contribution in [0.2, 0.25) is 5.02 Å². The Hall–Kier alpha value is -1.40. The second-order valence-electron chi connectivity index (χ2n) is 3.09. The molecule has 2 aromatic rings. The van der Waals surface area contributed by atoms with E-state index in [2.05, 4.69) is 9.59 Å². The number of hydrogen-bond donors (Lipinski definition) is 0. The van der Waals surface area contributed by atoms with Gasteiger partial charge < -0.3 is 9.47 Å². The predicted octanol–water partition coefficient (Wildman–Crippen LogP) is 2.29. The van der Waals surface area contributed by atoms with Gasteiger partial charge >= 0.3 is 5.97 Å². The number of hydrogen-bond acceptors (Lipinski definition) is 6. The summed E-state index contributed by atoms with van der Waals surface area (Å²) in [6.07, 6.45) is 0. The minimum absolute atomic E-state index is 0.170. The van der Waals surface area contributed by atoms with E-state index in [0.717, 1.165) is 4.70 Å². The molecule has 7 heteroatoms. The van der Waals surface area contributed by atoms with Gasteiger partial charge in [-0.05, 0) is 30.6 Å². The summed E-state index contributed by atoms with van der Waals surface area (Å²) in [6.45, 7) is 1.89. The first-order valence-corrected chi connectivity index (χ1v) is 6.06. The fourth-order valence-electron chi connectivity index (χ4n) is 1.25. The predicted molar refractivity (Wildman–Crippen MR) is 64.6 cm³/mol. The molecule has 0 saturated carbocycles. The van der Waals surface area contributed by atoms with Gasteiger partial charge in [-0.3, -0.25) is 0 Å². The Morgan fingerprint density at radius 2 is 2.35 bits per heavy atom. The Morgan fingerprint density at radius 1 is 1.53 bits per heavy atom. The highest BCUT2D eigenvalue weighted by Gasteiger charge is 2.11. The van der Waals surface area contributed by atoms with Gasteiger partial charge in [0.25, 0.3) is 0 Å². The van der Waals surface area contributed by atoms with Crippen molar-refractivity contribution in [2.75, 3.05) is 13.2 Å². The minimum atomic E-state index is -0.430. The van der Waals surface area contributed by atoms with E-state index in [1.807, 2.05) is 0 Å². The molecule has 0 aliphatic heterocycles. The van der Waals surface area contributed by atoms with Crippen LogP contribution in [0.1, 0.15) is 6.92 Å². The molecule has 0 spiro atoms. The zero-order valence-electron chi connectivity index (χ0n) is 8.97. The molecule has 5 nitrogen and oxygen atoms in total. The highest BCUT2D eigenvalue weighted by Crippen LogP contribution is 2.32. The number of aromatic nitrogens is 2. The van der Waals surface area contributed by atoms with Crippen LogP contribution in [-0.2, 0) is 9.53 Å². The van der Waals surface area contributed by atoms with Crippen molar-refractivity contribution in [1.82, 2.24) is 9.59 Å². The summed E-state index contributed by atoms with van der Waals surface area (Å²) >= 11 is 7.32. The zero-order chi connectivity index (χ0) is 12.3. The van der Waals surface area contributed by atoms with E-state index >= 15 is 0 Å². The van der Waals surface area contributed by atoms with E-state index in [4.69, 9.17) is 21.1 Å². The van der Waals surface area contributed by atoms with Crippen LogP contribution >= 0.6 is 23.1 Å². The van der Waals surface area contributed by atoms with E-state index in [-0.39, 0.29) is 6.61 Å². The molecule has 0 atom stereocenters. The quantitative estimate of drug-likeness (QED) is 0.799. The summed E-state index contributed by atoms with van der Waals surface area (Å²) in [6, 6.07) is 3.48. The van der Waals surface area contributed by atoms with Crippen LogP contribution in [0.4, 0.5) is 0 Å². The van der Waals surface area contributed by atoms with Crippen LogP contribution in [0.15, 0.2) is 12.1 Å². The number of carbonyl (C=O) groups is 1. The van der Waals surface area contributed by atoms with Gasteiger partial charge in [-0.2, -0.15) is 0 Å². The molecule has 0 saturated heterocycles. The SMILES string of the molecule is CCOC(=O)COc1ccc2snnc2c1Cl. The van der Waals surface area contributed by atoms with Gasteiger partial charge in [0.05, 0.1) is 11.3 Å². The van der Waals surface area contributed by atoms with Crippen LogP contribution in [-0.4, -0.2) is 28.8 Å². The first-order chi connectivity index (χ1) is 8.22. The average Bonchev–Trinajstić information content (AvgIpc) is 2.77. The lowest BCUT2D eigenvalue weighted by Crippen LogP contribution is -2.14. The summed E-state index contributed by atoms with van der Waals surface area (Å²) in [7, 11) is 0. The van der Waals surface area contributed by atoms with Crippen molar-refractivity contribution in [1.29, 1.82) is 0 Å². The van der Waals surface area contributed by atoms with Crippen molar-refractivity contribution in [3.8, 4) is 5.75 Å². The van der Waals surface area contributed by atoms with E-state index in [1.165, 1.54) is 11.5 Å². The molecular weight excluding hydrogens is 264 g/mol. The van der Waals surface area contributed by atoms with Crippen LogP contribution in [0.25, 0.3) is 10.2 Å². The van der Waals surface area contributed by atoms with Gasteiger partial charge in [-0.15, -0.1) is 5.10 Å². The van der Waals surface area contributed by atoms with Gasteiger partial charge in [0.2, 0.25) is 0 Å². The number of rotatable bonds is 4. The molecule has 0 radical (unpaired) electrons. The molecule has 0 bridgehead atoms. The third-order valence-electron chi connectivity index (χ3n) is 1.97. The highest BCUT2D eigenvalue weighted by atomic mass is 35.5. The van der Waals surface area contributed by atoms with Crippen LogP contribution < -0.4 is 4.74 Å². The van der Waals surface area contributed by atoms with Crippen molar-refractivity contribution in [2.45, 2.75) is 6.92 Å². The molecule has 0 unspecified atom stereocenters. The van der Waals surface area contributed by atoms with Crippen molar-refractivity contribution in [3.05, 3.63) is 17.2 Å². The van der Waals surface area contributed by atoms with Gasteiger partial charge in [0.1, 0.15) is 16.3 Å². The van der Waals surface area contributed by atoms with Gasteiger partial charge in [0.15, 0.2) is 6.61 Å². The molecule has 2 rings (SSSR count). The van der Waals surface area contributed by atoms with Crippen LogP contribution in [0.3, 0.4) is 0 Å². The number of carbonyl (C=O) groups excluding carboxylic acids is 1. The lowest BCUT2D eigenvalue weighted by Gasteiger charge is -2.07. The number of halogens is 1. The minimum Gasteiger partial charge on any atom is -0.480 e. The summed E-state index contributed by atoms with van der Waals surface area (Å²) in [5.74, 6) is -0.0278. The third-order valence-corrected chi connectivity index (χ3v) is 3.03. The maximum atomic E-state index is 11.1. The van der Waals surface area contributed by atoms with E-state index in [9.17, 15) is 4.79 Å². The lowest BCUT2D eigenvalue weighted by molar-refractivity contribution is -0.145. The molecule has 1 aromatic heterocycles. The van der Waals surface area contributed by atoms with E-state index in [1.54, 1.807) is 19.1 Å². The summed E-state index contributed by atoms with van der Waals surface area (Å²) in [5.41, 5.74) is 0.582. The maximum absolute atomic E-state index is 11.1. The van der Waals surface area contributed by atoms with Crippen molar-refractivity contribution >= 4 is 39.3 Å². The molecule has 90 valence electrons. The van der Waals surface area contributed by atoms with Crippen molar-refractivity contribution in [2.24, 2.45) is 0 Å². The van der Waals surface area contributed by atoms with Crippen LogP contribution in [0.5, 0.6) is 5.75 Å². The third kappa shape index (κ3) is 2.65. The lowest BCUT2D eigenvalue weighted by atomic mass is 10.3. The monoisotopic (exact) mass is 272 g/mol. The molecule has 1 aromatic carbocycles. The number of esters is 1. The molecule has 0 aliphatic carbocycles. The van der Waals surface area contributed by atoms with Crippen LogP contribution in [0, 0.1) is 0 Å². The Balaban J connectivity index is 2.13. The molecule has 1 heterocycles. The maximum Gasteiger partial charge on any atom is 0.344 e. The fraction of sp³-hybridized carbons (Fsp3) is 0.300. The second-order valence-corrected chi connectivity index (χ2v) is 4.25. The Labute approximate surface area is 106 Å². The second kappa shape index (κ2) is 5.29. The van der Waals surface area contributed by atoms with Crippen molar-refractivity contribution < 1.29 is 14.3 Å². The average molecular weight is 273 g/mol. The summed E-state index contributed by atoms with van der Waals surface area (Å²) < 4.78 is 14.7. The normalized spacial score (nSPS) is 10.5. The number of nitrogens with zero attached hydrogens (tertiary/aromatic N) is 2. The molecule has 0 amide bonds. The first-order valence-electron chi connectivity index (χ1n) is 4.91. The molecule has 17 heavy (non-hydrogen) atoms. The Kier molecular flexibility index (Phi) is 3.75. The highest BCUT2D eigenvalue weighted by molar-refractivity contribution is 7.13. The van der Waals surface area contributed by atoms with Gasteiger partial charge in [-0.1, -0.05) is 16.1 Å². The number of benzene rings is 1. The fourth-order valence-corrected chi connectivity index (χ4v) is 2.13. The van der Waals surface area contributed by atoms with Crippen molar-refractivity contribution in [3.63, 3.8) is 0 Å². The molecule has 0 fully saturated rings. The zero-order valence-corrected chi connectivity index (χ0v) is 10.5. The number of ether oxygens (including phenoxy) is 2. The largest absolute Gasteiger partial charge is 0.480 e. The molecular formula is C10H9ClN2O3S. The standard InChI is InChI=1S/C10H9ClN2O3S/c1-2-15-8(14)5-16-6-3-4-7-10(9(6)11)12-13-17-7/h3-4H,2,5H2,1H3. The van der Waals surface area contributed by atoms with Gasteiger partial charge in [-0.25, -0.2) is 4.79 Å². The summed E-state index contributed by atoms with van der Waals surface area (Å²) in [5, 5.41) is 4.24. The topological polar surface area (TPSA) is 61.3 Å². The molecule has 0 aliphatic rings. The summed E-state index contributed by atoms with van der Waals surface area (Å²) in [4.78, 5) is 11.1. The van der Waals surface area contributed by atoms with E-state index in [0.29, 0.717) is 22.9 Å².